The van der Waals surface area contributed by atoms with E-state index in [0.29, 0.717) is 11.5 Å². The second kappa shape index (κ2) is 12.4. The van der Waals surface area contributed by atoms with Crippen molar-refractivity contribution in [3.8, 4) is 11.5 Å². The number of hydrogen-bond acceptors (Lipinski definition) is 7. The fraction of sp³-hybridized carbons (Fsp3) is 0.259. The minimum Gasteiger partial charge on any atom is -0.497 e. The van der Waals surface area contributed by atoms with Gasteiger partial charge in [0, 0.05) is 25.7 Å². The average molecular weight is 498 g/mol. The SMILES string of the molecule is COc1ccc(S(=O)(=O)OCC(CO)COc2ccc(/C=C/c3ccc(N(C)C)cc3)cc2)cc1. The van der Waals surface area contributed by atoms with Crippen molar-refractivity contribution in [2.45, 2.75) is 4.90 Å². The van der Waals surface area contributed by atoms with Gasteiger partial charge in [0.1, 0.15) is 11.5 Å². The van der Waals surface area contributed by atoms with Crippen molar-refractivity contribution in [1.29, 1.82) is 0 Å². The van der Waals surface area contributed by atoms with Gasteiger partial charge in [-0.3, -0.25) is 4.18 Å². The van der Waals surface area contributed by atoms with Crippen LogP contribution in [0.3, 0.4) is 0 Å². The Balaban J connectivity index is 1.50. The van der Waals surface area contributed by atoms with E-state index >= 15 is 0 Å². The van der Waals surface area contributed by atoms with Crippen LogP contribution in [0.5, 0.6) is 11.5 Å². The number of ether oxygens (including phenoxy) is 2. The Hall–Kier alpha value is -3.33. The number of benzene rings is 3. The minimum absolute atomic E-state index is 0.0215. The Kier molecular flexibility index (Phi) is 9.31. The Morgan fingerprint density at radius 1 is 0.829 bits per heavy atom. The zero-order valence-electron chi connectivity index (χ0n) is 20.1. The molecule has 0 aromatic heterocycles. The van der Waals surface area contributed by atoms with Gasteiger partial charge in [-0.25, -0.2) is 0 Å². The maximum atomic E-state index is 12.4. The molecule has 0 bridgehead atoms. The van der Waals surface area contributed by atoms with E-state index in [1.54, 1.807) is 12.1 Å². The maximum Gasteiger partial charge on any atom is 0.296 e. The molecule has 0 saturated carbocycles. The molecule has 3 aromatic carbocycles. The highest BCUT2D eigenvalue weighted by Crippen LogP contribution is 2.20. The molecule has 1 atom stereocenters. The molecule has 0 aliphatic heterocycles. The molecule has 8 heteroatoms. The second-order valence-corrected chi connectivity index (χ2v) is 9.78. The molecule has 0 radical (unpaired) electrons. The molecule has 0 aliphatic rings. The van der Waals surface area contributed by atoms with Crippen LogP contribution < -0.4 is 14.4 Å². The summed E-state index contributed by atoms with van der Waals surface area (Å²) in [4.78, 5) is 2.08. The molecule has 0 heterocycles. The van der Waals surface area contributed by atoms with Gasteiger partial charge < -0.3 is 19.5 Å². The summed E-state index contributed by atoms with van der Waals surface area (Å²) < 4.78 is 40.7. The van der Waals surface area contributed by atoms with E-state index in [0.717, 1.165) is 16.8 Å². The number of anilines is 1. The Morgan fingerprint density at radius 2 is 1.37 bits per heavy atom. The average Bonchev–Trinajstić information content (AvgIpc) is 2.88. The topological polar surface area (TPSA) is 85.3 Å². The number of aliphatic hydroxyl groups is 1. The first-order valence-corrected chi connectivity index (χ1v) is 12.5. The molecule has 1 unspecified atom stereocenters. The summed E-state index contributed by atoms with van der Waals surface area (Å²) >= 11 is 0. The predicted molar refractivity (Wildman–Crippen MR) is 138 cm³/mol. The number of hydrogen-bond donors (Lipinski definition) is 1. The van der Waals surface area contributed by atoms with Gasteiger partial charge in [-0.05, 0) is 59.7 Å². The van der Waals surface area contributed by atoms with E-state index in [2.05, 4.69) is 29.2 Å². The smallest absolute Gasteiger partial charge is 0.296 e. The van der Waals surface area contributed by atoms with Crippen LogP contribution in [0.15, 0.2) is 77.7 Å². The van der Waals surface area contributed by atoms with Crippen LogP contribution in [-0.2, 0) is 14.3 Å². The number of methoxy groups -OCH3 is 1. The first-order chi connectivity index (χ1) is 16.8. The standard InChI is InChI=1S/C27H31NO6S/c1-28(2)24-10-6-21(7-11-24)4-5-22-8-12-26(13-9-22)33-19-23(18-29)20-34-35(30,31)27-16-14-25(32-3)15-17-27/h4-17,23,29H,18-20H2,1-3H3/b5-4+. The summed E-state index contributed by atoms with van der Waals surface area (Å²) in [6.45, 7) is -0.355. The predicted octanol–water partition coefficient (Wildman–Crippen LogP) is 4.32. The molecular formula is C27H31NO6S. The normalized spacial score (nSPS) is 12.5. The van der Waals surface area contributed by atoms with Crippen LogP contribution in [-0.4, -0.2) is 54.6 Å². The zero-order valence-corrected chi connectivity index (χ0v) is 20.9. The van der Waals surface area contributed by atoms with E-state index in [1.807, 2.05) is 50.5 Å². The fourth-order valence-electron chi connectivity index (χ4n) is 3.12. The molecular weight excluding hydrogens is 466 g/mol. The van der Waals surface area contributed by atoms with E-state index in [4.69, 9.17) is 13.7 Å². The highest BCUT2D eigenvalue weighted by molar-refractivity contribution is 7.86. The van der Waals surface area contributed by atoms with Crippen molar-refractivity contribution in [2.75, 3.05) is 45.9 Å². The molecule has 3 aromatic rings. The van der Waals surface area contributed by atoms with Gasteiger partial charge in [-0.1, -0.05) is 36.4 Å². The first-order valence-electron chi connectivity index (χ1n) is 11.1. The largest absolute Gasteiger partial charge is 0.497 e. The van der Waals surface area contributed by atoms with E-state index < -0.39 is 16.0 Å². The Bertz CT molecular complexity index is 1190. The lowest BCUT2D eigenvalue weighted by molar-refractivity contribution is 0.118. The van der Waals surface area contributed by atoms with Gasteiger partial charge in [-0.2, -0.15) is 8.42 Å². The van der Waals surface area contributed by atoms with Crippen molar-refractivity contribution in [2.24, 2.45) is 5.92 Å². The van der Waals surface area contributed by atoms with Crippen LogP contribution in [0.4, 0.5) is 5.69 Å². The van der Waals surface area contributed by atoms with Crippen molar-refractivity contribution in [3.05, 3.63) is 83.9 Å². The Morgan fingerprint density at radius 3 is 1.89 bits per heavy atom. The molecule has 35 heavy (non-hydrogen) atoms. The van der Waals surface area contributed by atoms with E-state index in [-0.39, 0.29) is 24.7 Å². The summed E-state index contributed by atoms with van der Waals surface area (Å²) in [6.07, 6.45) is 4.06. The molecule has 0 spiro atoms. The van der Waals surface area contributed by atoms with Crippen LogP contribution in [0, 0.1) is 5.92 Å². The van der Waals surface area contributed by atoms with Crippen molar-refractivity contribution in [1.82, 2.24) is 0 Å². The fourth-order valence-corrected chi connectivity index (χ4v) is 4.09. The number of aliphatic hydroxyl groups excluding tert-OH is 1. The van der Waals surface area contributed by atoms with Gasteiger partial charge >= 0.3 is 0 Å². The van der Waals surface area contributed by atoms with Crippen molar-refractivity contribution >= 4 is 28.0 Å². The monoisotopic (exact) mass is 497 g/mol. The van der Waals surface area contributed by atoms with E-state index in [1.165, 1.54) is 19.2 Å². The van der Waals surface area contributed by atoms with Crippen molar-refractivity contribution in [3.63, 3.8) is 0 Å². The van der Waals surface area contributed by atoms with Crippen LogP contribution >= 0.6 is 0 Å². The summed E-state index contributed by atoms with van der Waals surface area (Å²) in [7, 11) is 1.57. The van der Waals surface area contributed by atoms with E-state index in [9.17, 15) is 13.5 Å². The van der Waals surface area contributed by atoms with Gasteiger partial charge in [0.05, 0.1) is 31.8 Å². The van der Waals surface area contributed by atoms with Gasteiger partial charge in [0.15, 0.2) is 0 Å². The third-order valence-corrected chi connectivity index (χ3v) is 6.60. The number of rotatable bonds is 12. The molecule has 1 N–H and O–H groups in total. The van der Waals surface area contributed by atoms with Gasteiger partial charge in [0.25, 0.3) is 10.1 Å². The molecule has 3 rings (SSSR count). The zero-order chi connectivity index (χ0) is 25.3. The highest BCUT2D eigenvalue weighted by Gasteiger charge is 2.19. The molecule has 7 nitrogen and oxygen atoms in total. The summed E-state index contributed by atoms with van der Waals surface area (Å²) in [5.41, 5.74) is 3.27. The molecule has 0 aliphatic carbocycles. The quantitative estimate of drug-likeness (QED) is 0.295. The van der Waals surface area contributed by atoms with Gasteiger partial charge in [0.2, 0.25) is 0 Å². The Labute approximate surface area is 207 Å². The summed E-state index contributed by atoms with van der Waals surface area (Å²) in [6, 6.07) is 21.7. The van der Waals surface area contributed by atoms with Crippen LogP contribution in [0.1, 0.15) is 11.1 Å². The van der Waals surface area contributed by atoms with Crippen molar-refractivity contribution < 1.29 is 27.2 Å². The summed E-state index contributed by atoms with van der Waals surface area (Å²) in [5.74, 6) is 0.660. The lowest BCUT2D eigenvalue weighted by Crippen LogP contribution is -2.23. The van der Waals surface area contributed by atoms with Crippen LogP contribution in [0.2, 0.25) is 0 Å². The second-order valence-electron chi connectivity index (χ2n) is 8.16. The maximum absolute atomic E-state index is 12.4. The third kappa shape index (κ3) is 7.85. The minimum atomic E-state index is -3.95. The molecule has 0 amide bonds. The summed E-state index contributed by atoms with van der Waals surface area (Å²) in [5, 5.41) is 9.63. The highest BCUT2D eigenvalue weighted by atomic mass is 32.2. The lowest BCUT2D eigenvalue weighted by atomic mass is 10.1. The lowest BCUT2D eigenvalue weighted by Gasteiger charge is -2.16. The van der Waals surface area contributed by atoms with Gasteiger partial charge in [-0.15, -0.1) is 0 Å². The first kappa shape index (κ1) is 26.3. The van der Waals surface area contributed by atoms with Crippen LogP contribution in [0.25, 0.3) is 12.2 Å². The molecule has 0 fully saturated rings. The molecule has 186 valence electrons. The third-order valence-electron chi connectivity index (χ3n) is 5.31. The molecule has 0 saturated heterocycles. The number of nitrogens with zero attached hydrogens (tertiary/aromatic N) is 1.